The van der Waals surface area contributed by atoms with Crippen molar-refractivity contribution in [1.82, 2.24) is 9.78 Å². The second-order valence-corrected chi connectivity index (χ2v) is 8.44. The smallest absolute Gasteiger partial charge is 0.307 e. The Morgan fingerprint density at radius 3 is 2.69 bits per heavy atom. The quantitative estimate of drug-likeness (QED) is 0.327. The van der Waals surface area contributed by atoms with Gasteiger partial charge >= 0.3 is 5.97 Å². The Morgan fingerprint density at radius 1 is 1.06 bits per heavy atom. The Balaban J connectivity index is 1.58. The summed E-state index contributed by atoms with van der Waals surface area (Å²) < 4.78 is 13.9. The zero-order valence-corrected chi connectivity index (χ0v) is 19.3. The standard InChI is InChI=1S/C28H25N3O4/c1-31-15-22(14-30-31)24-10-21(19-7-4-5-18(9-19)13-29)11-25-23(17-35-28(24)25)16-34-26-8-3-2-6-20(26)12-27(32)33/h2-11,14-15,17H,12-13,16,29H2,1H3,(H,32,33). The average molecular weight is 468 g/mol. The van der Waals surface area contributed by atoms with Crippen molar-refractivity contribution in [3.05, 3.63) is 96.0 Å². The molecule has 0 fully saturated rings. The van der Waals surface area contributed by atoms with Gasteiger partial charge in [0.1, 0.15) is 17.9 Å². The highest BCUT2D eigenvalue weighted by Gasteiger charge is 2.17. The van der Waals surface area contributed by atoms with Gasteiger partial charge in [-0.2, -0.15) is 5.10 Å². The number of carboxylic acids is 1. The number of rotatable bonds is 8. The van der Waals surface area contributed by atoms with Crippen LogP contribution >= 0.6 is 0 Å². The number of aryl methyl sites for hydroxylation is 1. The van der Waals surface area contributed by atoms with Gasteiger partial charge in [0.25, 0.3) is 0 Å². The first kappa shape index (κ1) is 22.4. The number of carbonyl (C=O) groups is 1. The Labute approximate surface area is 202 Å². The summed E-state index contributed by atoms with van der Waals surface area (Å²) >= 11 is 0. The van der Waals surface area contributed by atoms with Crippen LogP contribution in [0.3, 0.4) is 0 Å². The van der Waals surface area contributed by atoms with Crippen molar-refractivity contribution >= 4 is 16.9 Å². The van der Waals surface area contributed by atoms with Crippen molar-refractivity contribution in [2.45, 2.75) is 19.6 Å². The summed E-state index contributed by atoms with van der Waals surface area (Å²) in [5.41, 5.74) is 13.1. The van der Waals surface area contributed by atoms with Crippen LogP contribution in [0.15, 0.2) is 83.7 Å². The second kappa shape index (κ2) is 9.48. The lowest BCUT2D eigenvalue weighted by molar-refractivity contribution is -0.136. The average Bonchev–Trinajstić information content (AvgIpc) is 3.48. The SMILES string of the molecule is Cn1cc(-c2cc(-c3cccc(CN)c3)cc3c(COc4ccccc4CC(=O)O)coc23)cn1. The maximum Gasteiger partial charge on any atom is 0.307 e. The van der Waals surface area contributed by atoms with Crippen LogP contribution in [0.2, 0.25) is 0 Å². The fourth-order valence-corrected chi connectivity index (χ4v) is 4.23. The Morgan fingerprint density at radius 2 is 1.91 bits per heavy atom. The number of benzene rings is 3. The molecule has 0 saturated carbocycles. The number of aliphatic carboxylic acids is 1. The summed E-state index contributed by atoms with van der Waals surface area (Å²) in [7, 11) is 1.88. The van der Waals surface area contributed by atoms with E-state index in [-0.39, 0.29) is 13.0 Å². The van der Waals surface area contributed by atoms with Crippen LogP contribution < -0.4 is 10.5 Å². The van der Waals surface area contributed by atoms with E-state index in [0.29, 0.717) is 17.9 Å². The maximum atomic E-state index is 11.2. The molecular weight excluding hydrogens is 442 g/mol. The van der Waals surface area contributed by atoms with Crippen molar-refractivity contribution in [3.8, 4) is 28.0 Å². The minimum Gasteiger partial charge on any atom is -0.488 e. The molecule has 176 valence electrons. The second-order valence-electron chi connectivity index (χ2n) is 8.44. The van der Waals surface area contributed by atoms with Crippen LogP contribution in [-0.2, 0) is 31.4 Å². The predicted octanol–water partition coefficient (Wildman–Crippen LogP) is 5.17. The van der Waals surface area contributed by atoms with Crippen LogP contribution in [0, 0.1) is 0 Å². The van der Waals surface area contributed by atoms with Gasteiger partial charge in [0, 0.05) is 47.4 Å². The summed E-state index contributed by atoms with van der Waals surface area (Å²) in [6.45, 7) is 0.703. The molecule has 3 N–H and O–H groups in total. The Hall–Kier alpha value is -4.36. The normalized spacial score (nSPS) is 11.1. The van der Waals surface area contributed by atoms with Crippen molar-refractivity contribution in [2.75, 3.05) is 0 Å². The number of furan rings is 1. The van der Waals surface area contributed by atoms with Gasteiger partial charge in [-0.05, 0) is 41.0 Å². The van der Waals surface area contributed by atoms with E-state index in [1.165, 1.54) is 0 Å². The minimum atomic E-state index is -0.903. The number of fused-ring (bicyclic) bond motifs is 1. The molecule has 3 aromatic carbocycles. The summed E-state index contributed by atoms with van der Waals surface area (Å²) in [6, 6.07) is 19.5. The third kappa shape index (κ3) is 4.67. The van der Waals surface area contributed by atoms with Gasteiger partial charge in [-0.15, -0.1) is 0 Å². The molecule has 0 amide bonds. The molecule has 0 saturated heterocycles. The van der Waals surface area contributed by atoms with Gasteiger partial charge in [-0.1, -0.05) is 36.4 Å². The van der Waals surface area contributed by atoms with E-state index >= 15 is 0 Å². The third-order valence-corrected chi connectivity index (χ3v) is 5.96. The number of aromatic nitrogens is 2. The molecule has 0 atom stereocenters. The van der Waals surface area contributed by atoms with Gasteiger partial charge in [0.2, 0.25) is 0 Å². The van der Waals surface area contributed by atoms with Crippen LogP contribution in [0.5, 0.6) is 5.75 Å². The number of hydrogen-bond acceptors (Lipinski definition) is 5. The van der Waals surface area contributed by atoms with Gasteiger partial charge in [0.05, 0.1) is 18.9 Å². The molecule has 35 heavy (non-hydrogen) atoms. The Kier molecular flexibility index (Phi) is 6.08. The zero-order chi connectivity index (χ0) is 24.4. The fraction of sp³-hybridized carbons (Fsp3) is 0.143. The number of nitrogens with two attached hydrogens (primary N) is 1. The maximum absolute atomic E-state index is 11.2. The molecule has 5 aromatic rings. The summed E-state index contributed by atoms with van der Waals surface area (Å²) in [5, 5.41) is 14.5. The highest BCUT2D eigenvalue weighted by Crippen LogP contribution is 2.37. The topological polar surface area (TPSA) is 104 Å². The summed E-state index contributed by atoms with van der Waals surface area (Å²) in [4.78, 5) is 11.2. The van der Waals surface area contributed by atoms with E-state index in [9.17, 15) is 9.90 Å². The lowest BCUT2D eigenvalue weighted by Crippen LogP contribution is -2.04. The van der Waals surface area contributed by atoms with E-state index in [1.54, 1.807) is 29.1 Å². The van der Waals surface area contributed by atoms with Crippen LogP contribution in [0.1, 0.15) is 16.7 Å². The van der Waals surface area contributed by atoms with Gasteiger partial charge < -0.3 is 20.0 Å². The van der Waals surface area contributed by atoms with Crippen molar-refractivity contribution in [2.24, 2.45) is 12.8 Å². The van der Waals surface area contributed by atoms with E-state index in [0.717, 1.165) is 44.3 Å². The summed E-state index contributed by atoms with van der Waals surface area (Å²) in [5.74, 6) is -0.358. The molecule has 5 rings (SSSR count). The monoisotopic (exact) mass is 467 g/mol. The largest absolute Gasteiger partial charge is 0.488 e. The summed E-state index contributed by atoms with van der Waals surface area (Å²) in [6.07, 6.45) is 5.37. The first-order valence-electron chi connectivity index (χ1n) is 11.3. The number of ether oxygens (including phenoxy) is 1. The molecule has 2 heterocycles. The molecule has 7 nitrogen and oxygen atoms in total. The number of hydrogen-bond donors (Lipinski definition) is 2. The van der Waals surface area contributed by atoms with Gasteiger partial charge in [0.15, 0.2) is 0 Å². The lowest BCUT2D eigenvalue weighted by atomic mass is 9.96. The highest BCUT2D eigenvalue weighted by atomic mass is 16.5. The van der Waals surface area contributed by atoms with E-state index < -0.39 is 5.97 Å². The fourth-order valence-electron chi connectivity index (χ4n) is 4.23. The van der Waals surface area contributed by atoms with Crippen molar-refractivity contribution < 1.29 is 19.1 Å². The number of carboxylic acid groups (broad SMARTS) is 1. The van der Waals surface area contributed by atoms with Crippen LogP contribution in [0.25, 0.3) is 33.2 Å². The molecule has 0 aliphatic carbocycles. The first-order chi connectivity index (χ1) is 17.0. The molecule has 0 radical (unpaired) electrons. The van der Waals surface area contributed by atoms with E-state index in [1.807, 2.05) is 37.6 Å². The zero-order valence-electron chi connectivity index (χ0n) is 19.3. The highest BCUT2D eigenvalue weighted by molar-refractivity contribution is 5.98. The third-order valence-electron chi connectivity index (χ3n) is 5.96. The number of para-hydroxylation sites is 1. The first-order valence-corrected chi connectivity index (χ1v) is 11.3. The lowest BCUT2D eigenvalue weighted by Gasteiger charge is -2.11. The molecule has 0 unspecified atom stereocenters. The predicted molar refractivity (Wildman–Crippen MR) is 134 cm³/mol. The van der Waals surface area contributed by atoms with Crippen LogP contribution in [0.4, 0.5) is 0 Å². The molecule has 0 bridgehead atoms. The van der Waals surface area contributed by atoms with Crippen molar-refractivity contribution in [1.29, 1.82) is 0 Å². The molecule has 0 aliphatic heterocycles. The van der Waals surface area contributed by atoms with Crippen LogP contribution in [-0.4, -0.2) is 20.9 Å². The van der Waals surface area contributed by atoms with E-state index in [4.69, 9.17) is 14.9 Å². The molecular formula is C28H25N3O4. The molecule has 0 aliphatic rings. The Bertz CT molecular complexity index is 1520. The van der Waals surface area contributed by atoms with Crippen molar-refractivity contribution in [3.63, 3.8) is 0 Å². The number of nitrogens with zero attached hydrogens (tertiary/aromatic N) is 2. The minimum absolute atomic E-state index is 0.102. The van der Waals surface area contributed by atoms with Gasteiger partial charge in [-0.25, -0.2) is 0 Å². The van der Waals surface area contributed by atoms with Gasteiger partial charge in [-0.3, -0.25) is 9.48 Å². The molecule has 0 spiro atoms. The molecule has 7 heteroatoms. The molecule has 2 aromatic heterocycles. The van der Waals surface area contributed by atoms with E-state index in [2.05, 4.69) is 29.4 Å².